The number of aryl methyl sites for hydroxylation is 1. The summed E-state index contributed by atoms with van der Waals surface area (Å²) in [5.74, 6) is 0.918. The first-order valence-electron chi connectivity index (χ1n) is 6.47. The van der Waals surface area contributed by atoms with Gasteiger partial charge in [-0.3, -0.25) is 0 Å². The third kappa shape index (κ3) is 3.09. The zero-order chi connectivity index (χ0) is 13.1. The minimum atomic E-state index is 0. The number of rotatable bonds is 3. The molecule has 0 saturated heterocycles. The molecule has 0 aliphatic heterocycles. The van der Waals surface area contributed by atoms with E-state index in [4.69, 9.17) is 0 Å². The molecule has 0 spiro atoms. The van der Waals surface area contributed by atoms with Crippen LogP contribution in [0.4, 0.5) is 5.82 Å². The van der Waals surface area contributed by atoms with E-state index in [9.17, 15) is 0 Å². The highest BCUT2D eigenvalue weighted by atomic mass is 35.5. The second kappa shape index (κ2) is 6.40. The second-order valence-electron chi connectivity index (χ2n) is 4.67. The molecule has 3 rings (SSSR count). The van der Waals surface area contributed by atoms with Gasteiger partial charge in [0, 0.05) is 11.9 Å². The summed E-state index contributed by atoms with van der Waals surface area (Å²) >= 11 is 0. The number of pyridine rings is 1. The number of fused-ring (bicyclic) bond motifs is 1. The SMILES string of the molecule is Cc1ccccc1CNc1ccc2ccccc2n1.Cl. The number of para-hydroxylation sites is 1. The van der Waals surface area contributed by atoms with Crippen molar-refractivity contribution in [2.24, 2.45) is 0 Å². The molecular weight excluding hydrogens is 268 g/mol. The van der Waals surface area contributed by atoms with Crippen LogP contribution in [0.1, 0.15) is 11.1 Å². The Hall–Kier alpha value is -2.06. The van der Waals surface area contributed by atoms with Crippen LogP contribution < -0.4 is 5.32 Å². The molecule has 0 saturated carbocycles. The summed E-state index contributed by atoms with van der Waals surface area (Å²) in [4.78, 5) is 4.61. The van der Waals surface area contributed by atoms with E-state index in [1.54, 1.807) is 0 Å². The summed E-state index contributed by atoms with van der Waals surface area (Å²) in [6.45, 7) is 2.93. The molecule has 20 heavy (non-hydrogen) atoms. The zero-order valence-electron chi connectivity index (χ0n) is 11.3. The Morgan fingerprint density at radius 1 is 0.900 bits per heavy atom. The van der Waals surface area contributed by atoms with E-state index in [-0.39, 0.29) is 12.4 Å². The molecular formula is C17H17ClN2. The molecule has 3 heteroatoms. The maximum Gasteiger partial charge on any atom is 0.126 e. The van der Waals surface area contributed by atoms with Gasteiger partial charge in [-0.2, -0.15) is 0 Å². The fraction of sp³-hybridized carbons (Fsp3) is 0.118. The minimum Gasteiger partial charge on any atom is -0.366 e. The standard InChI is InChI=1S/C17H16N2.ClH/c1-13-6-2-3-8-15(13)12-18-17-11-10-14-7-4-5-9-16(14)19-17;/h2-11H,12H2,1H3,(H,18,19);1H. The van der Waals surface area contributed by atoms with Gasteiger partial charge in [-0.1, -0.05) is 42.5 Å². The molecule has 0 bridgehead atoms. The predicted molar refractivity (Wildman–Crippen MR) is 87.5 cm³/mol. The first-order chi connectivity index (χ1) is 9.33. The fourth-order valence-electron chi connectivity index (χ4n) is 2.16. The molecule has 0 amide bonds. The highest BCUT2D eigenvalue weighted by molar-refractivity contribution is 5.85. The summed E-state index contributed by atoms with van der Waals surface area (Å²) in [5.41, 5.74) is 3.63. The van der Waals surface area contributed by atoms with Crippen LogP contribution in [0.3, 0.4) is 0 Å². The molecule has 0 aliphatic carbocycles. The summed E-state index contributed by atoms with van der Waals surface area (Å²) in [7, 11) is 0. The predicted octanol–water partition coefficient (Wildman–Crippen LogP) is 4.58. The molecule has 1 heterocycles. The molecule has 0 radical (unpaired) electrons. The quantitative estimate of drug-likeness (QED) is 0.762. The minimum absolute atomic E-state index is 0. The van der Waals surface area contributed by atoms with Gasteiger partial charge in [0.05, 0.1) is 5.52 Å². The van der Waals surface area contributed by atoms with Gasteiger partial charge in [-0.25, -0.2) is 4.98 Å². The maximum atomic E-state index is 4.61. The summed E-state index contributed by atoms with van der Waals surface area (Å²) < 4.78 is 0. The lowest BCUT2D eigenvalue weighted by Gasteiger charge is -2.08. The maximum absolute atomic E-state index is 4.61. The van der Waals surface area contributed by atoms with Crippen molar-refractivity contribution in [2.75, 3.05) is 5.32 Å². The lowest BCUT2D eigenvalue weighted by Crippen LogP contribution is -2.02. The highest BCUT2D eigenvalue weighted by Gasteiger charge is 1.99. The van der Waals surface area contributed by atoms with Crippen LogP contribution in [0.2, 0.25) is 0 Å². The van der Waals surface area contributed by atoms with Gasteiger partial charge in [-0.15, -0.1) is 12.4 Å². The number of nitrogens with zero attached hydrogens (tertiary/aromatic N) is 1. The van der Waals surface area contributed by atoms with Crippen LogP contribution in [0.25, 0.3) is 10.9 Å². The molecule has 3 aromatic rings. The first kappa shape index (κ1) is 14.4. The molecule has 2 nitrogen and oxygen atoms in total. The Balaban J connectivity index is 0.00000147. The number of anilines is 1. The van der Waals surface area contributed by atoms with Crippen molar-refractivity contribution in [2.45, 2.75) is 13.5 Å². The van der Waals surface area contributed by atoms with E-state index in [0.717, 1.165) is 17.9 Å². The van der Waals surface area contributed by atoms with Crippen LogP contribution in [0.5, 0.6) is 0 Å². The van der Waals surface area contributed by atoms with Crippen molar-refractivity contribution in [3.63, 3.8) is 0 Å². The number of halogens is 1. The highest BCUT2D eigenvalue weighted by Crippen LogP contribution is 2.16. The summed E-state index contributed by atoms with van der Waals surface area (Å²) in [6, 6.07) is 20.7. The van der Waals surface area contributed by atoms with Gasteiger partial charge in [0.2, 0.25) is 0 Å². The Morgan fingerprint density at radius 3 is 2.50 bits per heavy atom. The molecule has 102 valence electrons. The largest absolute Gasteiger partial charge is 0.366 e. The van der Waals surface area contributed by atoms with E-state index in [1.165, 1.54) is 16.5 Å². The van der Waals surface area contributed by atoms with E-state index in [0.29, 0.717) is 0 Å². The van der Waals surface area contributed by atoms with E-state index in [2.05, 4.69) is 53.6 Å². The third-order valence-corrected chi connectivity index (χ3v) is 3.32. The average molecular weight is 285 g/mol. The summed E-state index contributed by atoms with van der Waals surface area (Å²) in [6.07, 6.45) is 0. The topological polar surface area (TPSA) is 24.9 Å². The third-order valence-electron chi connectivity index (χ3n) is 3.32. The van der Waals surface area contributed by atoms with Crippen LogP contribution >= 0.6 is 12.4 Å². The number of aromatic nitrogens is 1. The lowest BCUT2D eigenvalue weighted by molar-refractivity contribution is 1.10. The van der Waals surface area contributed by atoms with Crippen molar-refractivity contribution in [1.29, 1.82) is 0 Å². The van der Waals surface area contributed by atoms with Crippen molar-refractivity contribution in [3.8, 4) is 0 Å². The van der Waals surface area contributed by atoms with Gasteiger partial charge < -0.3 is 5.32 Å². The molecule has 0 unspecified atom stereocenters. The van der Waals surface area contributed by atoms with E-state index in [1.807, 2.05) is 24.3 Å². The van der Waals surface area contributed by atoms with Gasteiger partial charge in [-0.05, 0) is 36.2 Å². The lowest BCUT2D eigenvalue weighted by atomic mass is 10.1. The molecule has 1 aromatic heterocycles. The van der Waals surface area contributed by atoms with Crippen molar-refractivity contribution >= 4 is 29.1 Å². The van der Waals surface area contributed by atoms with E-state index < -0.39 is 0 Å². The Bertz CT molecular complexity index is 710. The second-order valence-corrected chi connectivity index (χ2v) is 4.67. The van der Waals surface area contributed by atoms with Crippen LogP contribution in [0, 0.1) is 6.92 Å². The Kier molecular flexibility index (Phi) is 4.59. The van der Waals surface area contributed by atoms with Crippen molar-refractivity contribution in [3.05, 3.63) is 71.8 Å². The number of benzene rings is 2. The average Bonchev–Trinajstić information content (AvgIpc) is 2.46. The molecule has 0 atom stereocenters. The molecule has 0 aliphatic rings. The Labute approximate surface area is 125 Å². The monoisotopic (exact) mass is 284 g/mol. The summed E-state index contributed by atoms with van der Waals surface area (Å²) in [5, 5.41) is 4.55. The molecule has 0 fully saturated rings. The smallest absolute Gasteiger partial charge is 0.126 e. The van der Waals surface area contributed by atoms with Crippen molar-refractivity contribution in [1.82, 2.24) is 4.98 Å². The molecule has 1 N–H and O–H groups in total. The number of hydrogen-bond acceptors (Lipinski definition) is 2. The van der Waals surface area contributed by atoms with Gasteiger partial charge in [0.15, 0.2) is 0 Å². The first-order valence-corrected chi connectivity index (χ1v) is 6.47. The van der Waals surface area contributed by atoms with Gasteiger partial charge >= 0.3 is 0 Å². The van der Waals surface area contributed by atoms with Crippen LogP contribution in [-0.4, -0.2) is 4.98 Å². The van der Waals surface area contributed by atoms with Crippen LogP contribution in [0.15, 0.2) is 60.7 Å². The Morgan fingerprint density at radius 2 is 1.65 bits per heavy atom. The zero-order valence-corrected chi connectivity index (χ0v) is 12.2. The fourth-order valence-corrected chi connectivity index (χ4v) is 2.16. The van der Waals surface area contributed by atoms with E-state index >= 15 is 0 Å². The van der Waals surface area contributed by atoms with Gasteiger partial charge in [0.1, 0.15) is 5.82 Å². The number of hydrogen-bond donors (Lipinski definition) is 1. The number of nitrogens with one attached hydrogen (secondary N) is 1. The normalized spacial score (nSPS) is 10.1. The molecule has 2 aromatic carbocycles. The van der Waals surface area contributed by atoms with Crippen LogP contribution in [-0.2, 0) is 6.54 Å². The van der Waals surface area contributed by atoms with Crippen molar-refractivity contribution < 1.29 is 0 Å². The van der Waals surface area contributed by atoms with Gasteiger partial charge in [0.25, 0.3) is 0 Å².